The molecule has 0 amide bonds. The van der Waals surface area contributed by atoms with E-state index < -0.39 is 7.12 Å². The molecule has 0 heterocycles. The molecule has 1 atom stereocenters. The summed E-state index contributed by atoms with van der Waals surface area (Å²) in [4.78, 5) is 0. The Kier molecular flexibility index (Phi) is 2.70. The molecule has 0 radical (unpaired) electrons. The van der Waals surface area contributed by atoms with E-state index in [9.17, 15) is 0 Å². The third-order valence-corrected chi connectivity index (χ3v) is 2.72. The Morgan fingerprint density at radius 1 is 1.21 bits per heavy atom. The van der Waals surface area contributed by atoms with E-state index >= 15 is 0 Å². The van der Waals surface area contributed by atoms with Crippen molar-refractivity contribution in [2.24, 2.45) is 0 Å². The molecule has 0 fully saturated rings. The molecule has 0 aromatic heterocycles. The molecule has 0 bridgehead atoms. The molecule has 0 spiro atoms. The van der Waals surface area contributed by atoms with Crippen LogP contribution in [0, 0.1) is 0 Å². The van der Waals surface area contributed by atoms with Crippen LogP contribution in [0.1, 0.15) is 12.0 Å². The van der Waals surface area contributed by atoms with Crippen molar-refractivity contribution < 1.29 is 10.0 Å². The van der Waals surface area contributed by atoms with Crippen molar-refractivity contribution in [1.29, 1.82) is 0 Å². The highest BCUT2D eigenvalue weighted by Gasteiger charge is 2.31. The SMILES string of the molecule is OB(O)[C@@H]1CC=C1Cc1ccccc1. The molecular formula is C11H13BO2. The second kappa shape index (κ2) is 3.99. The van der Waals surface area contributed by atoms with E-state index in [0.29, 0.717) is 0 Å². The van der Waals surface area contributed by atoms with Gasteiger partial charge < -0.3 is 10.0 Å². The summed E-state index contributed by atoms with van der Waals surface area (Å²) in [5.74, 6) is -0.0461. The van der Waals surface area contributed by atoms with Crippen LogP contribution in [0.2, 0.25) is 5.82 Å². The van der Waals surface area contributed by atoms with E-state index in [4.69, 9.17) is 10.0 Å². The van der Waals surface area contributed by atoms with Crippen LogP contribution < -0.4 is 0 Å². The van der Waals surface area contributed by atoms with Gasteiger partial charge in [-0.15, -0.1) is 0 Å². The first kappa shape index (κ1) is 9.50. The molecule has 1 aromatic rings. The van der Waals surface area contributed by atoms with Crippen molar-refractivity contribution in [3.63, 3.8) is 0 Å². The van der Waals surface area contributed by atoms with Crippen LogP contribution in [0.15, 0.2) is 42.0 Å². The minimum absolute atomic E-state index is 0.0461. The smallest absolute Gasteiger partial charge is 0.427 e. The monoisotopic (exact) mass is 188 g/mol. The number of allylic oxidation sites excluding steroid dienone is 2. The van der Waals surface area contributed by atoms with E-state index in [0.717, 1.165) is 18.4 Å². The lowest BCUT2D eigenvalue weighted by atomic mass is 9.60. The average Bonchev–Trinajstić information content (AvgIpc) is 2.13. The molecule has 0 aliphatic heterocycles. The standard InChI is InChI=1S/C11H13BO2/c13-12(14)11-7-6-10(11)8-9-4-2-1-3-5-9/h1-6,11,13-14H,7-8H2/t11-/m1/s1. The lowest BCUT2D eigenvalue weighted by Gasteiger charge is -2.26. The van der Waals surface area contributed by atoms with Crippen LogP contribution in [0.4, 0.5) is 0 Å². The Morgan fingerprint density at radius 2 is 1.93 bits per heavy atom. The summed E-state index contributed by atoms with van der Waals surface area (Å²) < 4.78 is 0. The fourth-order valence-corrected chi connectivity index (χ4v) is 1.77. The molecule has 14 heavy (non-hydrogen) atoms. The van der Waals surface area contributed by atoms with Gasteiger partial charge >= 0.3 is 7.12 Å². The van der Waals surface area contributed by atoms with E-state index in [1.807, 2.05) is 18.2 Å². The summed E-state index contributed by atoms with van der Waals surface area (Å²) in [5, 5.41) is 18.1. The molecule has 0 unspecified atom stereocenters. The van der Waals surface area contributed by atoms with Crippen molar-refractivity contribution in [1.82, 2.24) is 0 Å². The molecule has 3 heteroatoms. The van der Waals surface area contributed by atoms with Gasteiger partial charge in [-0.25, -0.2) is 0 Å². The summed E-state index contributed by atoms with van der Waals surface area (Å²) in [5.41, 5.74) is 2.37. The summed E-state index contributed by atoms with van der Waals surface area (Å²) >= 11 is 0. The minimum atomic E-state index is -1.20. The van der Waals surface area contributed by atoms with Crippen LogP contribution in [-0.4, -0.2) is 17.2 Å². The normalized spacial score (nSPS) is 19.9. The first-order valence-electron chi connectivity index (χ1n) is 4.86. The van der Waals surface area contributed by atoms with Crippen molar-refractivity contribution in [3.05, 3.63) is 47.5 Å². The van der Waals surface area contributed by atoms with Gasteiger partial charge in [-0.05, 0) is 18.4 Å². The maximum Gasteiger partial charge on any atom is 0.459 e. The highest BCUT2D eigenvalue weighted by Crippen LogP contribution is 2.36. The molecule has 1 aromatic carbocycles. The number of rotatable bonds is 3. The molecule has 1 aliphatic carbocycles. The number of hydrogen-bond acceptors (Lipinski definition) is 2. The third kappa shape index (κ3) is 1.89. The Hall–Kier alpha value is -1.06. The first-order chi connectivity index (χ1) is 6.77. The molecule has 2 rings (SSSR count). The van der Waals surface area contributed by atoms with Crippen LogP contribution in [0.25, 0.3) is 0 Å². The summed E-state index contributed by atoms with van der Waals surface area (Å²) in [6.07, 6.45) is 3.71. The van der Waals surface area contributed by atoms with Gasteiger partial charge in [0.15, 0.2) is 0 Å². The molecule has 72 valence electrons. The Labute approximate surface area is 84.0 Å². The molecule has 0 saturated heterocycles. The zero-order chi connectivity index (χ0) is 9.97. The minimum Gasteiger partial charge on any atom is -0.427 e. The second-order valence-electron chi connectivity index (χ2n) is 3.70. The quantitative estimate of drug-likeness (QED) is 0.556. The fraction of sp³-hybridized carbons (Fsp3) is 0.273. The van der Waals surface area contributed by atoms with Crippen molar-refractivity contribution >= 4 is 7.12 Å². The van der Waals surface area contributed by atoms with Gasteiger partial charge in [-0.3, -0.25) is 0 Å². The largest absolute Gasteiger partial charge is 0.459 e. The maximum absolute atomic E-state index is 9.04. The summed E-state index contributed by atoms with van der Waals surface area (Å²) in [6.45, 7) is 0. The molecule has 1 aliphatic rings. The van der Waals surface area contributed by atoms with Gasteiger partial charge in [0.25, 0.3) is 0 Å². The summed E-state index contributed by atoms with van der Waals surface area (Å²) in [7, 11) is -1.20. The van der Waals surface area contributed by atoms with Crippen LogP contribution in [-0.2, 0) is 6.42 Å². The third-order valence-electron chi connectivity index (χ3n) is 2.72. The number of benzene rings is 1. The van der Waals surface area contributed by atoms with Gasteiger partial charge in [-0.2, -0.15) is 0 Å². The van der Waals surface area contributed by atoms with E-state index in [2.05, 4.69) is 18.2 Å². The van der Waals surface area contributed by atoms with Gasteiger partial charge in [0.05, 0.1) is 0 Å². The topological polar surface area (TPSA) is 40.5 Å². The first-order valence-corrected chi connectivity index (χ1v) is 4.86. The second-order valence-corrected chi connectivity index (χ2v) is 3.70. The van der Waals surface area contributed by atoms with Crippen LogP contribution >= 0.6 is 0 Å². The molecule has 2 nitrogen and oxygen atoms in total. The van der Waals surface area contributed by atoms with Crippen LogP contribution in [0.3, 0.4) is 0 Å². The number of hydrogen-bond donors (Lipinski definition) is 2. The Bertz CT molecular complexity index is 332. The van der Waals surface area contributed by atoms with E-state index in [1.54, 1.807) is 0 Å². The van der Waals surface area contributed by atoms with Gasteiger partial charge in [0, 0.05) is 5.82 Å². The fourth-order valence-electron chi connectivity index (χ4n) is 1.77. The van der Waals surface area contributed by atoms with Crippen LogP contribution in [0.5, 0.6) is 0 Å². The van der Waals surface area contributed by atoms with Gasteiger partial charge in [0.1, 0.15) is 0 Å². The highest BCUT2D eigenvalue weighted by molar-refractivity contribution is 6.44. The van der Waals surface area contributed by atoms with Gasteiger partial charge in [-0.1, -0.05) is 42.0 Å². The highest BCUT2D eigenvalue weighted by atomic mass is 16.4. The predicted octanol–water partition coefficient (Wildman–Crippen LogP) is 1.40. The lowest BCUT2D eigenvalue weighted by molar-refractivity contribution is 0.385. The van der Waals surface area contributed by atoms with Crippen molar-refractivity contribution in [2.75, 3.05) is 0 Å². The predicted molar refractivity (Wildman–Crippen MR) is 56.8 cm³/mol. The van der Waals surface area contributed by atoms with E-state index in [1.165, 1.54) is 5.56 Å². The zero-order valence-corrected chi connectivity index (χ0v) is 7.93. The Morgan fingerprint density at radius 3 is 2.43 bits per heavy atom. The average molecular weight is 188 g/mol. The van der Waals surface area contributed by atoms with Crippen molar-refractivity contribution in [3.8, 4) is 0 Å². The molecule has 2 N–H and O–H groups in total. The molecular weight excluding hydrogens is 175 g/mol. The maximum atomic E-state index is 9.04. The summed E-state index contributed by atoms with van der Waals surface area (Å²) in [6, 6.07) is 10.1. The Balaban J connectivity index is 2.00. The molecule has 0 saturated carbocycles. The van der Waals surface area contributed by atoms with Crippen molar-refractivity contribution in [2.45, 2.75) is 18.7 Å². The van der Waals surface area contributed by atoms with E-state index in [-0.39, 0.29) is 5.82 Å². The zero-order valence-electron chi connectivity index (χ0n) is 7.93. The lowest BCUT2D eigenvalue weighted by Crippen LogP contribution is -2.27. The van der Waals surface area contributed by atoms with Gasteiger partial charge in [0.2, 0.25) is 0 Å².